The summed E-state index contributed by atoms with van der Waals surface area (Å²) in [5.41, 5.74) is -1.22. The lowest BCUT2D eigenvalue weighted by Crippen LogP contribution is -2.48. The standard InChI is InChI=1S/C15H18F2N2O3/c1-8(2)15(3)13(21)19(14(22)18-15)7-12(20)10-5-4-9(16)6-11(10)17/h4-6,8,12,20H,7H2,1-3H3,(H,18,22). The molecule has 2 rings (SSSR count). The monoisotopic (exact) mass is 312 g/mol. The van der Waals surface area contributed by atoms with Gasteiger partial charge in [-0.3, -0.25) is 9.69 Å². The average Bonchev–Trinajstić information content (AvgIpc) is 2.63. The topological polar surface area (TPSA) is 69.6 Å². The van der Waals surface area contributed by atoms with E-state index in [1.54, 1.807) is 20.8 Å². The molecule has 22 heavy (non-hydrogen) atoms. The molecule has 2 unspecified atom stereocenters. The third-order valence-corrected chi connectivity index (χ3v) is 4.13. The van der Waals surface area contributed by atoms with Crippen molar-refractivity contribution in [2.24, 2.45) is 5.92 Å². The van der Waals surface area contributed by atoms with Gasteiger partial charge < -0.3 is 10.4 Å². The van der Waals surface area contributed by atoms with Crippen LogP contribution in [0.25, 0.3) is 0 Å². The van der Waals surface area contributed by atoms with Gasteiger partial charge in [0.25, 0.3) is 5.91 Å². The first-order valence-electron chi connectivity index (χ1n) is 6.94. The van der Waals surface area contributed by atoms with E-state index in [2.05, 4.69) is 5.32 Å². The number of hydrogen-bond donors (Lipinski definition) is 2. The Kier molecular flexibility index (Phi) is 4.19. The summed E-state index contributed by atoms with van der Waals surface area (Å²) in [7, 11) is 0. The number of nitrogens with one attached hydrogen (secondary N) is 1. The highest BCUT2D eigenvalue weighted by molar-refractivity contribution is 6.07. The second-order valence-corrected chi connectivity index (χ2v) is 5.88. The predicted molar refractivity (Wildman–Crippen MR) is 74.8 cm³/mol. The van der Waals surface area contributed by atoms with Crippen LogP contribution in [0.5, 0.6) is 0 Å². The van der Waals surface area contributed by atoms with E-state index in [0.717, 1.165) is 17.0 Å². The Morgan fingerprint density at radius 2 is 1.95 bits per heavy atom. The molecule has 1 aromatic rings. The third kappa shape index (κ3) is 2.68. The highest BCUT2D eigenvalue weighted by atomic mass is 19.1. The minimum absolute atomic E-state index is 0.145. The van der Waals surface area contributed by atoms with Gasteiger partial charge in [0.05, 0.1) is 12.6 Å². The van der Waals surface area contributed by atoms with Crippen molar-refractivity contribution in [1.29, 1.82) is 0 Å². The lowest BCUT2D eigenvalue weighted by Gasteiger charge is -2.26. The molecule has 120 valence electrons. The third-order valence-electron chi connectivity index (χ3n) is 4.13. The maximum Gasteiger partial charge on any atom is 0.325 e. The molecule has 1 aliphatic rings. The quantitative estimate of drug-likeness (QED) is 0.835. The number of carbonyl (C=O) groups excluding carboxylic acids is 2. The number of urea groups is 1. The van der Waals surface area contributed by atoms with Crippen molar-refractivity contribution in [1.82, 2.24) is 10.2 Å². The smallest absolute Gasteiger partial charge is 0.325 e. The van der Waals surface area contributed by atoms with Gasteiger partial charge in [-0.05, 0) is 18.9 Å². The zero-order chi connectivity index (χ0) is 16.7. The maximum atomic E-state index is 13.6. The molecular formula is C15H18F2N2O3. The Hall–Kier alpha value is -2.02. The van der Waals surface area contributed by atoms with Crippen LogP contribution in [0.3, 0.4) is 0 Å². The van der Waals surface area contributed by atoms with Gasteiger partial charge in [0.2, 0.25) is 0 Å². The molecule has 1 saturated heterocycles. The minimum Gasteiger partial charge on any atom is -0.386 e. The maximum absolute atomic E-state index is 13.6. The number of aliphatic hydroxyl groups excluding tert-OH is 1. The largest absolute Gasteiger partial charge is 0.386 e. The molecule has 3 amide bonds. The molecule has 0 aliphatic carbocycles. The van der Waals surface area contributed by atoms with E-state index in [0.29, 0.717) is 6.07 Å². The predicted octanol–water partition coefficient (Wildman–Crippen LogP) is 1.96. The highest BCUT2D eigenvalue weighted by Crippen LogP contribution is 2.28. The molecule has 2 N–H and O–H groups in total. The summed E-state index contributed by atoms with van der Waals surface area (Å²) >= 11 is 0. The first-order valence-corrected chi connectivity index (χ1v) is 6.94. The Balaban J connectivity index is 2.20. The van der Waals surface area contributed by atoms with E-state index in [9.17, 15) is 23.5 Å². The number of halogens is 2. The van der Waals surface area contributed by atoms with E-state index >= 15 is 0 Å². The zero-order valence-corrected chi connectivity index (χ0v) is 12.6. The molecule has 1 aliphatic heterocycles. The number of carbonyl (C=O) groups is 2. The fourth-order valence-electron chi connectivity index (χ4n) is 2.32. The summed E-state index contributed by atoms with van der Waals surface area (Å²) in [5.74, 6) is -2.32. The van der Waals surface area contributed by atoms with E-state index in [-0.39, 0.29) is 11.5 Å². The van der Waals surface area contributed by atoms with Gasteiger partial charge in [0, 0.05) is 11.6 Å². The minimum atomic E-state index is -1.43. The van der Waals surface area contributed by atoms with Gasteiger partial charge in [-0.15, -0.1) is 0 Å². The summed E-state index contributed by atoms with van der Waals surface area (Å²) in [5, 5.41) is 12.6. The lowest BCUT2D eigenvalue weighted by atomic mass is 9.88. The number of β-amino-alcohol motifs (C(OH)–C–C–N with tert-alkyl or cyclic N) is 1. The number of aliphatic hydroxyl groups is 1. The summed E-state index contributed by atoms with van der Waals surface area (Å²) in [6.45, 7) is 4.79. The van der Waals surface area contributed by atoms with Gasteiger partial charge in [-0.1, -0.05) is 19.9 Å². The fraction of sp³-hybridized carbons (Fsp3) is 0.467. The Morgan fingerprint density at radius 1 is 1.32 bits per heavy atom. The van der Waals surface area contributed by atoms with Crippen LogP contribution >= 0.6 is 0 Å². The van der Waals surface area contributed by atoms with Crippen molar-refractivity contribution < 1.29 is 23.5 Å². The van der Waals surface area contributed by atoms with Gasteiger partial charge >= 0.3 is 6.03 Å². The van der Waals surface area contributed by atoms with Gasteiger partial charge in [-0.25, -0.2) is 13.6 Å². The summed E-state index contributed by atoms with van der Waals surface area (Å²) in [6, 6.07) is 2.10. The van der Waals surface area contributed by atoms with E-state index in [1.807, 2.05) is 0 Å². The Labute approximate surface area is 126 Å². The average molecular weight is 312 g/mol. The van der Waals surface area contributed by atoms with Gasteiger partial charge in [-0.2, -0.15) is 0 Å². The fourth-order valence-corrected chi connectivity index (χ4v) is 2.32. The van der Waals surface area contributed by atoms with Gasteiger partial charge in [0.1, 0.15) is 17.2 Å². The molecule has 1 heterocycles. The normalized spacial score (nSPS) is 23.1. The Bertz CT molecular complexity index is 621. The van der Waals surface area contributed by atoms with E-state index in [4.69, 9.17) is 0 Å². The Morgan fingerprint density at radius 3 is 2.45 bits per heavy atom. The van der Waals surface area contributed by atoms with Crippen LogP contribution in [0.4, 0.5) is 13.6 Å². The lowest BCUT2D eigenvalue weighted by molar-refractivity contribution is -0.133. The molecule has 0 spiro atoms. The van der Waals surface area contributed by atoms with Crippen molar-refractivity contribution in [3.8, 4) is 0 Å². The number of benzene rings is 1. The molecule has 0 aromatic heterocycles. The number of hydrogen-bond acceptors (Lipinski definition) is 3. The SMILES string of the molecule is CC(C)C1(C)NC(=O)N(CC(O)c2ccc(F)cc2F)C1=O. The molecular weight excluding hydrogens is 294 g/mol. The van der Waals surface area contributed by atoms with Crippen molar-refractivity contribution in [3.05, 3.63) is 35.4 Å². The molecule has 5 nitrogen and oxygen atoms in total. The van der Waals surface area contributed by atoms with E-state index < -0.39 is 41.8 Å². The second kappa shape index (κ2) is 5.64. The van der Waals surface area contributed by atoms with Crippen molar-refractivity contribution in [2.45, 2.75) is 32.4 Å². The van der Waals surface area contributed by atoms with Crippen LogP contribution in [0.1, 0.15) is 32.4 Å². The molecule has 1 aromatic carbocycles. The molecule has 7 heteroatoms. The summed E-state index contributed by atoms with van der Waals surface area (Å²) in [6.07, 6.45) is -1.43. The van der Waals surface area contributed by atoms with Crippen LogP contribution < -0.4 is 5.32 Å². The molecule has 0 bridgehead atoms. The molecule has 0 saturated carbocycles. The van der Waals surface area contributed by atoms with Crippen LogP contribution in [0, 0.1) is 17.6 Å². The molecule has 2 atom stereocenters. The van der Waals surface area contributed by atoms with Crippen molar-refractivity contribution in [2.75, 3.05) is 6.54 Å². The molecule has 0 radical (unpaired) electrons. The van der Waals surface area contributed by atoms with Gasteiger partial charge in [0.15, 0.2) is 0 Å². The summed E-state index contributed by atoms with van der Waals surface area (Å²) in [4.78, 5) is 25.2. The molecule has 1 fully saturated rings. The highest BCUT2D eigenvalue weighted by Gasteiger charge is 2.50. The van der Waals surface area contributed by atoms with Crippen LogP contribution in [-0.2, 0) is 4.79 Å². The van der Waals surface area contributed by atoms with Crippen LogP contribution in [-0.4, -0.2) is 34.0 Å². The first kappa shape index (κ1) is 16.4. The number of nitrogens with zero attached hydrogens (tertiary/aromatic N) is 1. The zero-order valence-electron chi connectivity index (χ0n) is 12.6. The van der Waals surface area contributed by atoms with E-state index in [1.165, 1.54) is 0 Å². The second-order valence-electron chi connectivity index (χ2n) is 5.88. The number of imide groups is 1. The summed E-state index contributed by atoms with van der Waals surface area (Å²) < 4.78 is 26.5. The number of rotatable bonds is 4. The number of amides is 3. The van der Waals surface area contributed by atoms with Crippen LogP contribution in [0.15, 0.2) is 18.2 Å². The van der Waals surface area contributed by atoms with Crippen LogP contribution in [0.2, 0.25) is 0 Å². The first-order chi connectivity index (χ1) is 10.2. The van der Waals surface area contributed by atoms with Crippen molar-refractivity contribution >= 4 is 11.9 Å². The van der Waals surface area contributed by atoms with Crippen molar-refractivity contribution in [3.63, 3.8) is 0 Å².